The second-order valence-corrected chi connectivity index (χ2v) is 5.99. The summed E-state index contributed by atoms with van der Waals surface area (Å²) in [4.78, 5) is 11.8. The Bertz CT molecular complexity index is 497. The summed E-state index contributed by atoms with van der Waals surface area (Å²) in [6.07, 6.45) is 1.45. The molecule has 0 aromatic heterocycles. The predicted molar refractivity (Wildman–Crippen MR) is 87.3 cm³/mol. The fourth-order valence-corrected chi connectivity index (χ4v) is 2.63. The molecule has 2 atom stereocenters. The van der Waals surface area contributed by atoms with E-state index in [4.69, 9.17) is 42.1 Å². The van der Waals surface area contributed by atoms with Gasteiger partial charge in [0.05, 0.1) is 22.8 Å². The van der Waals surface area contributed by atoms with Gasteiger partial charge < -0.3 is 18.9 Å². The average molecular weight is 363 g/mol. The molecule has 0 aliphatic carbocycles. The van der Waals surface area contributed by atoms with Crippen molar-refractivity contribution < 1.29 is 23.7 Å². The lowest BCUT2D eigenvalue weighted by molar-refractivity contribution is -0.158. The number of para-hydroxylation sites is 1. The van der Waals surface area contributed by atoms with E-state index in [-0.39, 0.29) is 19.3 Å². The van der Waals surface area contributed by atoms with Crippen molar-refractivity contribution >= 4 is 29.2 Å². The van der Waals surface area contributed by atoms with Gasteiger partial charge in [0.25, 0.3) is 0 Å². The maximum absolute atomic E-state index is 11.8. The van der Waals surface area contributed by atoms with Crippen LogP contribution in [0.15, 0.2) is 18.2 Å². The quantitative estimate of drug-likeness (QED) is 0.523. The van der Waals surface area contributed by atoms with Crippen LogP contribution in [0.5, 0.6) is 5.75 Å². The lowest BCUT2D eigenvalue weighted by Crippen LogP contribution is -2.28. The molecular weight excluding hydrogens is 343 g/mol. The number of esters is 1. The second-order valence-electron chi connectivity index (χ2n) is 5.18. The molecule has 1 aromatic rings. The van der Waals surface area contributed by atoms with Gasteiger partial charge in [-0.1, -0.05) is 29.3 Å². The topological polar surface area (TPSA) is 54.0 Å². The fraction of sp³-hybridized carbons (Fsp3) is 0.562. The second kappa shape index (κ2) is 9.33. The van der Waals surface area contributed by atoms with Crippen molar-refractivity contribution in [2.45, 2.75) is 32.0 Å². The summed E-state index contributed by atoms with van der Waals surface area (Å²) in [5.41, 5.74) is 0. The van der Waals surface area contributed by atoms with Crippen molar-refractivity contribution in [1.29, 1.82) is 0 Å². The molecule has 0 saturated carbocycles. The average Bonchev–Trinajstić information content (AvgIpc) is 3.04. The highest BCUT2D eigenvalue weighted by Crippen LogP contribution is 2.32. The van der Waals surface area contributed by atoms with Crippen molar-refractivity contribution in [2.75, 3.05) is 26.4 Å². The number of halogens is 2. The molecule has 0 amide bonds. The van der Waals surface area contributed by atoms with Crippen LogP contribution >= 0.6 is 23.2 Å². The van der Waals surface area contributed by atoms with Crippen LogP contribution in [-0.4, -0.2) is 44.6 Å². The first-order valence-corrected chi connectivity index (χ1v) is 8.30. The van der Waals surface area contributed by atoms with Crippen LogP contribution in [0.25, 0.3) is 0 Å². The highest BCUT2D eigenvalue weighted by Gasteiger charge is 2.20. The van der Waals surface area contributed by atoms with Gasteiger partial charge in [-0.3, -0.25) is 0 Å². The van der Waals surface area contributed by atoms with Gasteiger partial charge in [0.1, 0.15) is 13.2 Å². The molecule has 0 N–H and O–H groups in total. The Morgan fingerprint density at radius 2 is 2.09 bits per heavy atom. The Kier molecular flexibility index (Phi) is 7.43. The van der Waals surface area contributed by atoms with Gasteiger partial charge >= 0.3 is 5.97 Å². The summed E-state index contributed by atoms with van der Waals surface area (Å²) in [5, 5.41) is 0.828. The molecule has 0 spiro atoms. The highest BCUT2D eigenvalue weighted by molar-refractivity contribution is 6.37. The minimum Gasteiger partial charge on any atom is -0.487 e. The van der Waals surface area contributed by atoms with Crippen LogP contribution < -0.4 is 4.74 Å². The lowest BCUT2D eigenvalue weighted by Gasteiger charge is -2.16. The summed E-state index contributed by atoms with van der Waals surface area (Å²) in [7, 11) is 0. The van der Waals surface area contributed by atoms with E-state index in [9.17, 15) is 4.79 Å². The van der Waals surface area contributed by atoms with Crippen LogP contribution in [0.3, 0.4) is 0 Å². The van der Waals surface area contributed by atoms with Crippen molar-refractivity contribution in [3.05, 3.63) is 28.2 Å². The summed E-state index contributed by atoms with van der Waals surface area (Å²) in [5.74, 6) is -0.0496. The third-order valence-corrected chi connectivity index (χ3v) is 3.98. The zero-order chi connectivity index (χ0) is 16.7. The third kappa shape index (κ3) is 5.84. The van der Waals surface area contributed by atoms with Gasteiger partial charge in [-0.25, -0.2) is 4.79 Å². The monoisotopic (exact) mass is 362 g/mol. The molecule has 1 aliphatic heterocycles. The van der Waals surface area contributed by atoms with E-state index in [1.807, 2.05) is 0 Å². The van der Waals surface area contributed by atoms with E-state index in [1.54, 1.807) is 25.1 Å². The van der Waals surface area contributed by atoms with Gasteiger partial charge in [0, 0.05) is 6.61 Å². The number of rotatable bonds is 8. The zero-order valence-electron chi connectivity index (χ0n) is 12.9. The van der Waals surface area contributed by atoms with E-state index < -0.39 is 12.1 Å². The number of hydrogen-bond donors (Lipinski definition) is 0. The largest absolute Gasteiger partial charge is 0.487 e. The Hall–Kier alpha value is -1.01. The predicted octanol–water partition coefficient (Wildman–Crippen LogP) is 3.50. The molecule has 2 rings (SSSR count). The molecule has 2 unspecified atom stereocenters. The van der Waals surface area contributed by atoms with Crippen molar-refractivity contribution in [3.8, 4) is 5.75 Å². The summed E-state index contributed by atoms with van der Waals surface area (Å²) in [6, 6.07) is 5.08. The van der Waals surface area contributed by atoms with E-state index in [0.717, 1.165) is 19.4 Å². The highest BCUT2D eigenvalue weighted by atomic mass is 35.5. The third-order valence-electron chi connectivity index (χ3n) is 3.38. The van der Waals surface area contributed by atoms with Gasteiger partial charge in [-0.15, -0.1) is 0 Å². The molecule has 1 fully saturated rings. The fourth-order valence-electron chi connectivity index (χ4n) is 2.12. The molecule has 0 bridgehead atoms. The standard InChI is InChI=1S/C16H20Cl2O5/c1-11(23-10-12-4-3-7-20-12)16(19)22-9-8-21-15-13(17)5-2-6-14(15)18/h2,5-6,11-12H,3-4,7-10H2,1H3. The van der Waals surface area contributed by atoms with Crippen LogP contribution in [0.1, 0.15) is 19.8 Å². The molecule has 23 heavy (non-hydrogen) atoms. The maximum atomic E-state index is 11.8. The number of carbonyl (C=O) groups excluding carboxylic acids is 1. The molecular formula is C16H20Cl2O5. The molecule has 5 nitrogen and oxygen atoms in total. The Morgan fingerprint density at radius 1 is 1.35 bits per heavy atom. The number of hydrogen-bond acceptors (Lipinski definition) is 5. The van der Waals surface area contributed by atoms with E-state index >= 15 is 0 Å². The number of ether oxygens (including phenoxy) is 4. The smallest absolute Gasteiger partial charge is 0.335 e. The van der Waals surface area contributed by atoms with Crippen LogP contribution in [-0.2, 0) is 19.0 Å². The first-order valence-electron chi connectivity index (χ1n) is 7.54. The Balaban J connectivity index is 1.64. The molecule has 1 saturated heterocycles. The van der Waals surface area contributed by atoms with E-state index in [1.165, 1.54) is 0 Å². The molecule has 1 heterocycles. The van der Waals surface area contributed by atoms with E-state index in [2.05, 4.69) is 0 Å². The van der Waals surface area contributed by atoms with Crippen molar-refractivity contribution in [3.63, 3.8) is 0 Å². The number of carbonyl (C=O) groups is 1. The molecule has 7 heteroatoms. The normalized spacial score (nSPS) is 18.7. The van der Waals surface area contributed by atoms with Gasteiger partial charge in [-0.2, -0.15) is 0 Å². The summed E-state index contributed by atoms with van der Waals surface area (Å²) in [6.45, 7) is 3.07. The molecule has 128 valence electrons. The van der Waals surface area contributed by atoms with Crippen molar-refractivity contribution in [2.24, 2.45) is 0 Å². The summed E-state index contributed by atoms with van der Waals surface area (Å²) >= 11 is 12.0. The van der Waals surface area contributed by atoms with E-state index in [0.29, 0.717) is 22.4 Å². The van der Waals surface area contributed by atoms with Crippen molar-refractivity contribution in [1.82, 2.24) is 0 Å². The Morgan fingerprint density at radius 3 is 2.74 bits per heavy atom. The zero-order valence-corrected chi connectivity index (χ0v) is 14.4. The first-order chi connectivity index (χ1) is 11.1. The minimum absolute atomic E-state index is 0.0796. The van der Waals surface area contributed by atoms with Gasteiger partial charge in [0.2, 0.25) is 0 Å². The maximum Gasteiger partial charge on any atom is 0.335 e. The molecule has 1 aliphatic rings. The summed E-state index contributed by atoms with van der Waals surface area (Å²) < 4.78 is 21.4. The van der Waals surface area contributed by atoms with Crippen LogP contribution in [0.2, 0.25) is 10.0 Å². The SMILES string of the molecule is CC(OCC1CCCO1)C(=O)OCCOc1c(Cl)cccc1Cl. The van der Waals surface area contributed by atoms with Gasteiger partial charge in [-0.05, 0) is 31.9 Å². The Labute approximate surface area is 145 Å². The lowest BCUT2D eigenvalue weighted by atomic mass is 10.2. The number of benzene rings is 1. The molecule has 1 aromatic carbocycles. The van der Waals surface area contributed by atoms with Gasteiger partial charge in [0.15, 0.2) is 11.9 Å². The minimum atomic E-state index is -0.636. The van der Waals surface area contributed by atoms with Crippen LogP contribution in [0.4, 0.5) is 0 Å². The first kappa shape index (κ1) is 18.3. The van der Waals surface area contributed by atoms with Crippen LogP contribution in [0, 0.1) is 0 Å². The molecule has 0 radical (unpaired) electrons.